The van der Waals surface area contributed by atoms with Gasteiger partial charge in [-0.05, 0) is 87.6 Å². The average Bonchev–Trinajstić information content (AvgIpc) is 2.84. The molecule has 7 nitrogen and oxygen atoms in total. The van der Waals surface area contributed by atoms with Gasteiger partial charge >= 0.3 is 6.18 Å². The number of piperidine rings is 1. The first-order valence-electron chi connectivity index (χ1n) is 11.3. The number of likely N-dealkylation sites (tertiary alicyclic amines) is 1. The summed E-state index contributed by atoms with van der Waals surface area (Å²) in [5.74, 6) is 0.725. The molecule has 2 N–H and O–H groups in total. The summed E-state index contributed by atoms with van der Waals surface area (Å²) in [4.78, 5) is 25.5. The first-order chi connectivity index (χ1) is 16.7. The minimum atomic E-state index is -4.38. The standard InChI is InChI=1S/C25H27F3N6O/c1-33-15-12-21(13-16-33)34(2)23(35)17-3-7-20(8-4-17)31-24-29-14-11-22(32-24)30-19-9-5-18(6-10-19)25(26,27)28/h3-11,14,21H,12-13,15-16H2,1-2H3,(H2,29,30,31,32). The Labute approximate surface area is 202 Å². The van der Waals surface area contributed by atoms with Crippen LogP contribution in [0.4, 0.5) is 36.3 Å². The van der Waals surface area contributed by atoms with Crippen molar-refractivity contribution < 1.29 is 18.0 Å². The second-order valence-corrected chi connectivity index (χ2v) is 8.62. The zero-order valence-electron chi connectivity index (χ0n) is 19.5. The van der Waals surface area contributed by atoms with Gasteiger partial charge in [-0.25, -0.2) is 4.98 Å². The van der Waals surface area contributed by atoms with Gasteiger partial charge in [0, 0.05) is 36.2 Å². The van der Waals surface area contributed by atoms with Crippen LogP contribution in [-0.4, -0.2) is 58.9 Å². The fourth-order valence-corrected chi connectivity index (χ4v) is 3.96. The smallest absolute Gasteiger partial charge is 0.340 e. The van der Waals surface area contributed by atoms with E-state index in [9.17, 15) is 18.0 Å². The molecule has 0 aliphatic carbocycles. The maximum atomic E-state index is 12.9. The van der Waals surface area contributed by atoms with E-state index in [0.29, 0.717) is 28.7 Å². The minimum Gasteiger partial charge on any atom is -0.340 e. The third-order valence-electron chi connectivity index (χ3n) is 6.08. The number of carbonyl (C=O) groups is 1. The molecule has 0 atom stereocenters. The fourth-order valence-electron chi connectivity index (χ4n) is 3.96. The molecule has 4 rings (SSSR count). The van der Waals surface area contributed by atoms with Gasteiger partial charge in [0.1, 0.15) is 5.82 Å². The van der Waals surface area contributed by atoms with E-state index in [1.165, 1.54) is 18.3 Å². The number of carbonyl (C=O) groups excluding carboxylic acids is 1. The molecule has 0 radical (unpaired) electrons. The normalized spacial score (nSPS) is 15.0. The van der Waals surface area contributed by atoms with Crippen molar-refractivity contribution in [1.82, 2.24) is 19.8 Å². The summed E-state index contributed by atoms with van der Waals surface area (Å²) in [6.45, 7) is 1.97. The van der Waals surface area contributed by atoms with E-state index in [-0.39, 0.29) is 11.9 Å². The van der Waals surface area contributed by atoms with Crippen molar-refractivity contribution in [3.05, 3.63) is 71.9 Å². The molecule has 1 saturated heterocycles. The van der Waals surface area contributed by atoms with Crippen LogP contribution in [0.1, 0.15) is 28.8 Å². The minimum absolute atomic E-state index is 0.00917. The molecule has 1 aliphatic heterocycles. The number of benzene rings is 2. The second kappa shape index (κ2) is 10.3. The van der Waals surface area contributed by atoms with Crippen molar-refractivity contribution >= 4 is 29.0 Å². The lowest BCUT2D eigenvalue weighted by atomic mass is 10.0. The zero-order valence-corrected chi connectivity index (χ0v) is 19.5. The lowest BCUT2D eigenvalue weighted by Crippen LogP contribution is -2.44. The predicted molar refractivity (Wildman–Crippen MR) is 129 cm³/mol. The Morgan fingerprint density at radius 2 is 1.57 bits per heavy atom. The highest BCUT2D eigenvalue weighted by Crippen LogP contribution is 2.30. The quantitative estimate of drug-likeness (QED) is 0.504. The Balaban J connectivity index is 1.37. The lowest BCUT2D eigenvalue weighted by Gasteiger charge is -2.35. The molecule has 0 saturated carbocycles. The monoisotopic (exact) mass is 484 g/mol. The molecule has 1 fully saturated rings. The molecule has 35 heavy (non-hydrogen) atoms. The number of hydrogen-bond donors (Lipinski definition) is 2. The molecule has 1 aromatic heterocycles. The van der Waals surface area contributed by atoms with Gasteiger partial charge in [-0.15, -0.1) is 0 Å². The third-order valence-corrected chi connectivity index (χ3v) is 6.08. The fraction of sp³-hybridized carbons (Fsp3) is 0.320. The first-order valence-corrected chi connectivity index (χ1v) is 11.3. The number of aromatic nitrogens is 2. The Bertz CT molecular complexity index is 1140. The number of rotatable bonds is 6. The van der Waals surface area contributed by atoms with Gasteiger partial charge in [0.2, 0.25) is 5.95 Å². The van der Waals surface area contributed by atoms with Gasteiger partial charge in [0.05, 0.1) is 5.56 Å². The Morgan fingerprint density at radius 1 is 0.971 bits per heavy atom. The summed E-state index contributed by atoms with van der Waals surface area (Å²) in [5, 5.41) is 6.05. The van der Waals surface area contributed by atoms with E-state index in [4.69, 9.17) is 0 Å². The maximum Gasteiger partial charge on any atom is 0.416 e. The largest absolute Gasteiger partial charge is 0.416 e. The number of amides is 1. The van der Waals surface area contributed by atoms with Gasteiger partial charge in [0.25, 0.3) is 5.91 Å². The summed E-state index contributed by atoms with van der Waals surface area (Å²) in [6.07, 6.45) is -0.914. The maximum absolute atomic E-state index is 12.9. The second-order valence-electron chi connectivity index (χ2n) is 8.62. The molecule has 1 amide bonds. The Hall–Kier alpha value is -3.66. The zero-order chi connectivity index (χ0) is 25.0. The van der Waals surface area contributed by atoms with Crippen LogP contribution in [0, 0.1) is 0 Å². The van der Waals surface area contributed by atoms with Crippen molar-refractivity contribution in [2.24, 2.45) is 0 Å². The lowest BCUT2D eigenvalue weighted by molar-refractivity contribution is -0.137. The van der Waals surface area contributed by atoms with E-state index >= 15 is 0 Å². The van der Waals surface area contributed by atoms with Crippen LogP contribution in [0.25, 0.3) is 0 Å². The van der Waals surface area contributed by atoms with Gasteiger partial charge in [-0.3, -0.25) is 4.79 Å². The molecule has 0 bridgehead atoms. The van der Waals surface area contributed by atoms with Crippen LogP contribution in [0.15, 0.2) is 60.8 Å². The average molecular weight is 485 g/mol. The number of alkyl halides is 3. The number of nitrogens with one attached hydrogen (secondary N) is 2. The Kier molecular flexibility index (Phi) is 7.20. The topological polar surface area (TPSA) is 73.4 Å². The van der Waals surface area contributed by atoms with E-state index in [0.717, 1.165) is 38.1 Å². The summed E-state index contributed by atoms with van der Waals surface area (Å²) in [7, 11) is 3.95. The van der Waals surface area contributed by atoms with Crippen LogP contribution < -0.4 is 10.6 Å². The SMILES string of the molecule is CN1CCC(N(C)C(=O)c2ccc(Nc3nccc(Nc4ccc(C(F)(F)F)cc4)n3)cc2)CC1. The van der Waals surface area contributed by atoms with Gasteiger partial charge in [-0.2, -0.15) is 18.2 Å². The van der Waals surface area contributed by atoms with E-state index in [1.807, 2.05) is 11.9 Å². The summed E-state index contributed by atoms with van der Waals surface area (Å²) >= 11 is 0. The van der Waals surface area contributed by atoms with Crippen molar-refractivity contribution in [1.29, 1.82) is 0 Å². The van der Waals surface area contributed by atoms with E-state index in [2.05, 4.69) is 32.5 Å². The van der Waals surface area contributed by atoms with Crippen molar-refractivity contribution in [2.45, 2.75) is 25.1 Å². The summed E-state index contributed by atoms with van der Waals surface area (Å²) < 4.78 is 38.2. The summed E-state index contributed by atoms with van der Waals surface area (Å²) in [6, 6.07) is 13.7. The number of hydrogen-bond acceptors (Lipinski definition) is 6. The first kappa shape index (κ1) is 24.5. The molecular weight excluding hydrogens is 457 g/mol. The molecule has 0 spiro atoms. The number of nitrogens with zero attached hydrogens (tertiary/aromatic N) is 4. The van der Waals surface area contributed by atoms with Crippen molar-refractivity contribution in [3.63, 3.8) is 0 Å². The Morgan fingerprint density at radius 3 is 2.20 bits per heavy atom. The van der Waals surface area contributed by atoms with E-state index in [1.54, 1.807) is 30.3 Å². The van der Waals surface area contributed by atoms with Crippen molar-refractivity contribution in [3.8, 4) is 0 Å². The van der Waals surface area contributed by atoms with Crippen molar-refractivity contribution in [2.75, 3.05) is 37.8 Å². The van der Waals surface area contributed by atoms with Crippen LogP contribution in [0.2, 0.25) is 0 Å². The molecular formula is C25H27F3N6O. The highest BCUT2D eigenvalue weighted by molar-refractivity contribution is 5.94. The molecule has 10 heteroatoms. The van der Waals surface area contributed by atoms with Crippen LogP contribution in [0.3, 0.4) is 0 Å². The van der Waals surface area contributed by atoms with Crippen LogP contribution in [0.5, 0.6) is 0 Å². The molecule has 2 aromatic carbocycles. The van der Waals surface area contributed by atoms with Crippen LogP contribution >= 0.6 is 0 Å². The molecule has 1 aliphatic rings. The molecule has 3 aromatic rings. The molecule has 2 heterocycles. The highest BCUT2D eigenvalue weighted by Gasteiger charge is 2.30. The molecule has 184 valence electrons. The summed E-state index contributed by atoms with van der Waals surface area (Å²) in [5.41, 5.74) is 1.07. The number of anilines is 4. The van der Waals surface area contributed by atoms with Crippen LogP contribution in [-0.2, 0) is 6.18 Å². The van der Waals surface area contributed by atoms with Gasteiger partial charge < -0.3 is 20.4 Å². The number of halogens is 3. The van der Waals surface area contributed by atoms with Gasteiger partial charge in [-0.1, -0.05) is 0 Å². The predicted octanol–water partition coefficient (Wildman–Crippen LogP) is 5.15. The molecule has 0 unspecified atom stereocenters. The highest BCUT2D eigenvalue weighted by atomic mass is 19.4. The third kappa shape index (κ3) is 6.27. The van der Waals surface area contributed by atoms with Gasteiger partial charge in [0.15, 0.2) is 0 Å². The van der Waals surface area contributed by atoms with E-state index < -0.39 is 11.7 Å².